The fourth-order valence-electron chi connectivity index (χ4n) is 4.27. The molecule has 0 unspecified atom stereocenters. The van der Waals surface area contributed by atoms with Crippen LogP contribution in [0.1, 0.15) is 5.56 Å². The van der Waals surface area contributed by atoms with E-state index in [0.717, 1.165) is 10.1 Å². The molecule has 208 valence electrons. The Kier molecular flexibility index (Phi) is 7.43. The lowest BCUT2D eigenvalue weighted by Crippen LogP contribution is -2.20. The maximum absolute atomic E-state index is 13.5. The quantitative estimate of drug-likeness (QED) is 0.196. The van der Waals surface area contributed by atoms with E-state index < -0.39 is 17.3 Å². The van der Waals surface area contributed by atoms with Crippen LogP contribution in [0.25, 0.3) is 33.5 Å². The second-order valence-electron chi connectivity index (χ2n) is 9.12. The number of benzene rings is 4. The Morgan fingerprint density at radius 3 is 2.48 bits per heavy atom. The number of aromatic nitrogens is 2. The van der Waals surface area contributed by atoms with Crippen LogP contribution in [0.3, 0.4) is 0 Å². The van der Waals surface area contributed by atoms with Gasteiger partial charge in [0.15, 0.2) is 18.1 Å². The maximum atomic E-state index is 13.5. The van der Waals surface area contributed by atoms with E-state index in [1.54, 1.807) is 30.3 Å². The first kappa shape index (κ1) is 27.2. The van der Waals surface area contributed by atoms with Gasteiger partial charge in [-0.25, -0.2) is 9.37 Å². The summed E-state index contributed by atoms with van der Waals surface area (Å²) in [5, 5.41) is 8.49. The lowest BCUT2D eigenvalue weighted by molar-refractivity contribution is -0.118. The molecule has 0 aliphatic rings. The Hall–Kier alpha value is -4.99. The number of ether oxygens (including phenoxy) is 1. The van der Waals surface area contributed by atoms with Crippen molar-refractivity contribution in [2.45, 2.75) is 0 Å². The normalized spacial score (nSPS) is 11.4. The molecule has 1 N–H and O–H groups in total. The third-order valence-electron chi connectivity index (χ3n) is 6.22. The van der Waals surface area contributed by atoms with Crippen LogP contribution in [-0.4, -0.2) is 28.4 Å². The predicted molar refractivity (Wildman–Crippen MR) is 161 cm³/mol. The van der Waals surface area contributed by atoms with Crippen molar-refractivity contribution in [3.05, 3.63) is 123 Å². The van der Waals surface area contributed by atoms with Gasteiger partial charge in [-0.1, -0.05) is 53.5 Å². The smallest absolute Gasteiger partial charge is 0.282 e. The summed E-state index contributed by atoms with van der Waals surface area (Å²) >= 11 is 12.8. The third-order valence-corrected chi connectivity index (χ3v) is 6.78. The minimum absolute atomic E-state index is 0.0947. The Labute approximate surface area is 247 Å². The summed E-state index contributed by atoms with van der Waals surface area (Å²) in [7, 11) is 0. The van der Waals surface area contributed by atoms with Crippen LogP contribution >= 0.6 is 23.2 Å². The number of hydrogen-bond donors (Lipinski definition) is 1. The number of nitrogens with zero attached hydrogens (tertiary/aromatic N) is 3. The summed E-state index contributed by atoms with van der Waals surface area (Å²) in [6.45, 7) is -0.386. The van der Waals surface area contributed by atoms with Crippen molar-refractivity contribution in [1.82, 2.24) is 9.66 Å². The van der Waals surface area contributed by atoms with Gasteiger partial charge in [0, 0.05) is 11.1 Å². The molecule has 0 aliphatic heterocycles. The average molecular weight is 601 g/mol. The molecular weight excluding hydrogens is 582 g/mol. The summed E-state index contributed by atoms with van der Waals surface area (Å²) in [6, 6.07) is 24.6. The van der Waals surface area contributed by atoms with Crippen LogP contribution < -0.4 is 15.6 Å². The van der Waals surface area contributed by atoms with Crippen molar-refractivity contribution < 1.29 is 18.3 Å². The zero-order chi connectivity index (χ0) is 29.2. The zero-order valence-corrected chi connectivity index (χ0v) is 23.1. The van der Waals surface area contributed by atoms with Crippen LogP contribution in [0.4, 0.5) is 10.1 Å². The van der Waals surface area contributed by atoms with Gasteiger partial charge < -0.3 is 14.5 Å². The first-order chi connectivity index (χ1) is 20.4. The van der Waals surface area contributed by atoms with E-state index in [9.17, 15) is 14.0 Å². The molecular formula is C31H19Cl2FN4O4. The molecule has 0 aliphatic carbocycles. The van der Waals surface area contributed by atoms with Gasteiger partial charge in [-0.2, -0.15) is 9.78 Å². The van der Waals surface area contributed by atoms with Gasteiger partial charge in [-0.15, -0.1) is 0 Å². The molecule has 6 rings (SSSR count). The summed E-state index contributed by atoms with van der Waals surface area (Å²) in [5.41, 5.74) is 1.63. The molecule has 1 amide bonds. The number of furan rings is 1. The van der Waals surface area contributed by atoms with Crippen molar-refractivity contribution in [3.8, 4) is 17.3 Å². The van der Waals surface area contributed by atoms with Crippen LogP contribution in [0.5, 0.6) is 5.75 Å². The first-order valence-corrected chi connectivity index (χ1v) is 13.3. The number of carbonyl (C=O) groups excluding carboxylic acids is 1. The number of anilines is 1. The van der Waals surface area contributed by atoms with Gasteiger partial charge in [-0.3, -0.25) is 9.59 Å². The molecule has 8 nitrogen and oxygen atoms in total. The molecule has 4 aromatic carbocycles. The molecule has 2 heterocycles. The van der Waals surface area contributed by atoms with E-state index in [4.69, 9.17) is 32.4 Å². The van der Waals surface area contributed by atoms with E-state index in [1.165, 1.54) is 42.6 Å². The number of halogens is 3. The van der Waals surface area contributed by atoms with Gasteiger partial charge in [0.2, 0.25) is 5.82 Å². The Bertz CT molecular complexity index is 2000. The molecule has 11 heteroatoms. The topological polar surface area (TPSA) is 98.7 Å². The van der Waals surface area contributed by atoms with Gasteiger partial charge in [0.25, 0.3) is 11.5 Å². The van der Waals surface area contributed by atoms with Crippen LogP contribution in [0.2, 0.25) is 10.0 Å². The highest BCUT2D eigenvalue weighted by atomic mass is 35.5. The second-order valence-corrected chi connectivity index (χ2v) is 9.93. The van der Waals surface area contributed by atoms with Gasteiger partial charge in [-0.05, 0) is 66.2 Å². The molecule has 0 bridgehead atoms. The summed E-state index contributed by atoms with van der Waals surface area (Å²) in [5.74, 6) is -0.220. The van der Waals surface area contributed by atoms with E-state index in [1.807, 2.05) is 24.3 Å². The molecule has 0 saturated carbocycles. The number of nitrogens with one attached hydrogen (secondary N) is 1. The predicted octanol–water partition coefficient (Wildman–Crippen LogP) is 7.16. The lowest BCUT2D eigenvalue weighted by Gasteiger charge is -2.11. The van der Waals surface area contributed by atoms with Crippen LogP contribution in [-0.2, 0) is 4.79 Å². The van der Waals surface area contributed by atoms with E-state index in [-0.39, 0.29) is 28.2 Å². The molecule has 2 aromatic heterocycles. The largest absolute Gasteiger partial charge is 0.481 e. The lowest BCUT2D eigenvalue weighted by atomic mass is 10.2. The SMILES string of the molecule is O=C(COc1c(Cl)cc(C=Nn2c(-c3cc4ccccc4o3)nc3ccccc3c2=O)cc1Cl)Nc1ccc(F)cc1. The minimum Gasteiger partial charge on any atom is -0.481 e. The van der Waals surface area contributed by atoms with Crippen molar-refractivity contribution in [2.75, 3.05) is 11.9 Å². The van der Waals surface area contributed by atoms with Crippen molar-refractivity contribution in [2.24, 2.45) is 5.10 Å². The highest BCUT2D eigenvalue weighted by Crippen LogP contribution is 2.34. The second kappa shape index (κ2) is 11.5. The average Bonchev–Trinajstić information content (AvgIpc) is 3.42. The third kappa shape index (κ3) is 5.60. The highest BCUT2D eigenvalue weighted by molar-refractivity contribution is 6.37. The molecule has 42 heavy (non-hydrogen) atoms. The maximum Gasteiger partial charge on any atom is 0.282 e. The van der Waals surface area contributed by atoms with Crippen LogP contribution in [0, 0.1) is 5.82 Å². The summed E-state index contributed by atoms with van der Waals surface area (Å²) < 4.78 is 25.8. The number of hydrogen-bond acceptors (Lipinski definition) is 6. The number of fused-ring (bicyclic) bond motifs is 2. The Balaban J connectivity index is 1.28. The van der Waals surface area contributed by atoms with Crippen LogP contribution in [0.15, 0.2) is 105 Å². The number of carbonyl (C=O) groups is 1. The molecule has 0 fully saturated rings. The Morgan fingerprint density at radius 1 is 1.00 bits per heavy atom. The summed E-state index contributed by atoms with van der Waals surface area (Å²) in [6.07, 6.45) is 1.41. The van der Waals surface area contributed by atoms with Gasteiger partial charge in [0.05, 0.1) is 27.2 Å². The molecule has 0 saturated heterocycles. The first-order valence-electron chi connectivity index (χ1n) is 12.6. The zero-order valence-electron chi connectivity index (χ0n) is 21.6. The number of rotatable bonds is 7. The molecule has 0 radical (unpaired) electrons. The van der Waals surface area contributed by atoms with E-state index in [2.05, 4.69) is 15.4 Å². The van der Waals surface area contributed by atoms with Crippen molar-refractivity contribution in [3.63, 3.8) is 0 Å². The van der Waals surface area contributed by atoms with E-state index >= 15 is 0 Å². The fourth-order valence-corrected chi connectivity index (χ4v) is 4.88. The number of para-hydroxylation sites is 2. The van der Waals surface area contributed by atoms with E-state index in [0.29, 0.717) is 33.5 Å². The highest BCUT2D eigenvalue weighted by Gasteiger charge is 2.17. The van der Waals surface area contributed by atoms with Crippen molar-refractivity contribution in [1.29, 1.82) is 0 Å². The Morgan fingerprint density at radius 2 is 1.71 bits per heavy atom. The number of amides is 1. The minimum atomic E-state index is -0.485. The van der Waals surface area contributed by atoms with Gasteiger partial charge in [0.1, 0.15) is 11.4 Å². The van der Waals surface area contributed by atoms with Gasteiger partial charge >= 0.3 is 0 Å². The molecule has 6 aromatic rings. The summed E-state index contributed by atoms with van der Waals surface area (Å²) in [4.78, 5) is 30.4. The monoisotopic (exact) mass is 600 g/mol. The molecule has 0 spiro atoms. The fraction of sp³-hybridized carbons (Fsp3) is 0.0323. The standard InChI is InChI=1S/C31H19Cl2FN4O4/c32-23-13-18(14-24(33)29(23)41-17-28(39)36-21-11-9-20(34)10-12-21)16-35-38-30(27-15-19-5-1-4-8-26(19)42-27)37-25-7-3-2-6-22(25)31(38)40/h1-16H,17H2,(H,36,39). The molecule has 0 atom stereocenters. The van der Waals surface area contributed by atoms with Crippen molar-refractivity contribution >= 4 is 62.9 Å².